The molecule has 3 N–H and O–H groups in total. The van der Waals surface area contributed by atoms with Gasteiger partial charge in [0.1, 0.15) is 6.61 Å². The molecule has 2 unspecified atom stereocenters. The first kappa shape index (κ1) is 76.2. The summed E-state index contributed by atoms with van der Waals surface area (Å²) in [5.41, 5.74) is 5.39. The molecule has 0 radical (unpaired) electrons. The van der Waals surface area contributed by atoms with Gasteiger partial charge in [0.2, 0.25) is 0 Å². The maximum absolute atomic E-state index is 12.7. The highest BCUT2D eigenvalue weighted by Crippen LogP contribution is 2.43. The summed E-state index contributed by atoms with van der Waals surface area (Å²) < 4.78 is 33.1. The van der Waals surface area contributed by atoms with Crippen LogP contribution in [0.1, 0.15) is 309 Å². The van der Waals surface area contributed by atoms with Crippen molar-refractivity contribution >= 4 is 19.8 Å². The van der Waals surface area contributed by atoms with E-state index in [1.165, 1.54) is 205 Å². The van der Waals surface area contributed by atoms with Crippen LogP contribution in [0.15, 0.2) is 85.1 Å². The van der Waals surface area contributed by atoms with Crippen molar-refractivity contribution in [2.45, 2.75) is 315 Å². The van der Waals surface area contributed by atoms with Gasteiger partial charge in [0.15, 0.2) is 6.10 Å². The van der Waals surface area contributed by atoms with Crippen LogP contribution in [-0.4, -0.2) is 49.3 Å². The number of allylic oxidation sites excluding steroid dienone is 14. The van der Waals surface area contributed by atoms with Gasteiger partial charge in [0, 0.05) is 19.4 Å². The second kappa shape index (κ2) is 64.4. The molecule has 0 aromatic carbocycles. The molecule has 0 spiro atoms. The summed E-state index contributed by atoms with van der Waals surface area (Å²) in [5, 5.41) is 0. The highest BCUT2D eigenvalue weighted by molar-refractivity contribution is 7.47. The Morgan fingerprint density at radius 2 is 0.696 bits per heavy atom. The minimum atomic E-state index is -4.39. The Morgan fingerprint density at radius 1 is 0.392 bits per heavy atom. The number of phosphoric ester groups is 1. The van der Waals surface area contributed by atoms with Gasteiger partial charge in [-0.05, 0) is 89.9 Å². The van der Waals surface area contributed by atoms with Crippen molar-refractivity contribution in [3.05, 3.63) is 85.1 Å². The van der Waals surface area contributed by atoms with Crippen LogP contribution in [0.3, 0.4) is 0 Å². The summed E-state index contributed by atoms with van der Waals surface area (Å²) in [5.74, 6) is -0.821. The average molecular weight is 1130 g/mol. The van der Waals surface area contributed by atoms with E-state index >= 15 is 0 Å². The minimum absolute atomic E-state index is 0.0522. The van der Waals surface area contributed by atoms with E-state index in [1.54, 1.807) is 0 Å². The maximum Gasteiger partial charge on any atom is 0.472 e. The monoisotopic (exact) mass is 1130 g/mol. The van der Waals surface area contributed by atoms with E-state index in [0.717, 1.165) is 70.6 Å². The SMILES string of the molecule is CC/C=C\C/C=C\C/C=C\C/C=C\C/C=C\CCCCCCCCCCCCCCCCCCCCCCCCCC(=O)OC(COC(=O)CCCCCCCCCCC/C=C\C/C=C\CCCCC)COP(=O)(O)OCCN. The van der Waals surface area contributed by atoms with Crippen LogP contribution in [0.2, 0.25) is 0 Å². The van der Waals surface area contributed by atoms with Crippen LogP contribution in [0.4, 0.5) is 0 Å². The Balaban J connectivity index is 3.81. The van der Waals surface area contributed by atoms with Crippen molar-refractivity contribution in [1.82, 2.24) is 0 Å². The molecule has 2 atom stereocenters. The fourth-order valence-corrected chi connectivity index (χ4v) is 10.2. The lowest BCUT2D eigenvalue weighted by Crippen LogP contribution is -2.29. The smallest absolute Gasteiger partial charge is 0.462 e. The molecule has 79 heavy (non-hydrogen) atoms. The van der Waals surface area contributed by atoms with E-state index in [9.17, 15) is 19.0 Å². The Bertz CT molecular complexity index is 1570. The predicted molar refractivity (Wildman–Crippen MR) is 339 cm³/mol. The van der Waals surface area contributed by atoms with Crippen molar-refractivity contribution in [3.63, 3.8) is 0 Å². The number of nitrogens with two attached hydrogens (primary N) is 1. The third kappa shape index (κ3) is 64.2. The zero-order valence-electron chi connectivity index (χ0n) is 51.3. The number of carbonyl (C=O) groups excluding carboxylic acids is 2. The highest BCUT2D eigenvalue weighted by atomic mass is 31.2. The molecule has 458 valence electrons. The van der Waals surface area contributed by atoms with Crippen molar-refractivity contribution in [2.24, 2.45) is 5.73 Å². The van der Waals surface area contributed by atoms with E-state index in [2.05, 4.69) is 98.9 Å². The fourth-order valence-electron chi connectivity index (χ4n) is 9.40. The largest absolute Gasteiger partial charge is 0.472 e. The lowest BCUT2D eigenvalue weighted by Gasteiger charge is -2.19. The van der Waals surface area contributed by atoms with E-state index in [4.69, 9.17) is 24.3 Å². The molecule has 10 heteroatoms. The Labute approximate surface area is 487 Å². The molecule has 0 aliphatic rings. The molecular weight excluding hydrogens is 1000 g/mol. The van der Waals surface area contributed by atoms with E-state index in [1.807, 2.05) is 0 Å². The minimum Gasteiger partial charge on any atom is -0.462 e. The van der Waals surface area contributed by atoms with Gasteiger partial charge in [-0.2, -0.15) is 0 Å². The molecule has 0 saturated heterocycles. The van der Waals surface area contributed by atoms with Gasteiger partial charge in [-0.25, -0.2) is 4.57 Å². The molecule has 0 aliphatic carbocycles. The zero-order valence-corrected chi connectivity index (χ0v) is 52.2. The molecule has 0 aliphatic heterocycles. The molecule has 0 amide bonds. The van der Waals surface area contributed by atoms with Crippen LogP contribution >= 0.6 is 7.82 Å². The number of rotatable bonds is 62. The number of hydrogen-bond donors (Lipinski definition) is 2. The van der Waals surface area contributed by atoms with Gasteiger partial charge in [-0.15, -0.1) is 0 Å². The fraction of sp³-hybridized carbons (Fsp3) is 0.768. The number of esters is 2. The molecule has 0 bridgehead atoms. The first-order chi connectivity index (χ1) is 38.8. The van der Waals surface area contributed by atoms with Gasteiger partial charge in [-0.1, -0.05) is 292 Å². The number of hydrogen-bond acceptors (Lipinski definition) is 8. The van der Waals surface area contributed by atoms with Crippen molar-refractivity contribution in [1.29, 1.82) is 0 Å². The Hall–Kier alpha value is -2.81. The third-order valence-corrected chi connectivity index (χ3v) is 15.2. The number of phosphoric acid groups is 1. The molecule has 9 nitrogen and oxygen atoms in total. The zero-order chi connectivity index (χ0) is 57.3. The topological polar surface area (TPSA) is 134 Å². The van der Waals surface area contributed by atoms with Crippen LogP contribution in [0.5, 0.6) is 0 Å². The van der Waals surface area contributed by atoms with Crippen LogP contribution in [0.25, 0.3) is 0 Å². The Morgan fingerprint density at radius 3 is 1.04 bits per heavy atom. The van der Waals surface area contributed by atoms with E-state index < -0.39 is 26.5 Å². The summed E-state index contributed by atoms with van der Waals surface area (Å²) in [4.78, 5) is 35.3. The summed E-state index contributed by atoms with van der Waals surface area (Å²) in [6, 6.07) is 0. The lowest BCUT2D eigenvalue weighted by atomic mass is 10.0. The van der Waals surface area contributed by atoms with Crippen molar-refractivity contribution in [2.75, 3.05) is 26.4 Å². The Kier molecular flexibility index (Phi) is 62.1. The van der Waals surface area contributed by atoms with Gasteiger partial charge >= 0.3 is 19.8 Å². The lowest BCUT2D eigenvalue weighted by molar-refractivity contribution is -0.161. The van der Waals surface area contributed by atoms with Crippen molar-refractivity contribution in [3.8, 4) is 0 Å². The molecule has 0 fully saturated rings. The van der Waals surface area contributed by atoms with Gasteiger partial charge < -0.3 is 20.1 Å². The van der Waals surface area contributed by atoms with Crippen LogP contribution in [0, 0.1) is 0 Å². The van der Waals surface area contributed by atoms with Gasteiger partial charge in [0.05, 0.1) is 13.2 Å². The first-order valence-corrected chi connectivity index (χ1v) is 34.6. The molecule has 0 rings (SSSR count). The number of carbonyl (C=O) groups is 2. The summed E-state index contributed by atoms with van der Waals surface area (Å²) >= 11 is 0. The average Bonchev–Trinajstić information content (AvgIpc) is 3.44. The molecule has 0 aromatic heterocycles. The van der Waals surface area contributed by atoms with Gasteiger partial charge in [-0.3, -0.25) is 18.6 Å². The molecule has 0 saturated carbocycles. The summed E-state index contributed by atoms with van der Waals surface area (Å²) in [6.07, 6.45) is 85.3. The molecule has 0 aromatic rings. The summed E-state index contributed by atoms with van der Waals surface area (Å²) in [6.45, 7) is 3.63. The number of unbranched alkanes of at least 4 members (excludes halogenated alkanes) is 35. The number of ether oxygens (including phenoxy) is 2. The van der Waals surface area contributed by atoms with Crippen LogP contribution < -0.4 is 5.73 Å². The predicted octanol–water partition coefficient (Wildman–Crippen LogP) is 21.4. The second-order valence-corrected chi connectivity index (χ2v) is 23.4. The maximum atomic E-state index is 12.7. The van der Waals surface area contributed by atoms with E-state index in [-0.39, 0.29) is 38.6 Å². The molecule has 0 heterocycles. The summed E-state index contributed by atoms with van der Waals surface area (Å²) in [7, 11) is -4.39. The van der Waals surface area contributed by atoms with E-state index in [0.29, 0.717) is 6.42 Å². The normalized spacial score (nSPS) is 13.5. The quantitative estimate of drug-likeness (QED) is 0.0264. The molecular formula is C69H124NO8P. The highest BCUT2D eigenvalue weighted by Gasteiger charge is 2.26. The van der Waals surface area contributed by atoms with Crippen LogP contribution in [-0.2, 0) is 32.7 Å². The standard InChI is InChI=1S/C69H124NO8P/c1-3-5-7-9-11-13-15-17-19-21-23-24-25-26-27-28-29-30-31-32-33-34-35-36-37-38-39-40-41-42-44-46-48-50-52-54-56-58-60-62-69(72)78-67(66-77-79(73,74)76-64-63-70)65-75-68(71)61-59-57-55-53-51-49-47-45-43-22-20-18-16-14-12-10-8-6-4-2/h5,7,11-14,17-20,23-24,26-27,67H,3-4,6,8-10,15-16,21-22,25,28-66,70H2,1-2H3,(H,73,74)/b7-5-,13-11-,14-12-,19-17-,20-18-,24-23-,27-26-. The second-order valence-electron chi connectivity index (χ2n) is 22.0. The third-order valence-electron chi connectivity index (χ3n) is 14.3. The first-order valence-electron chi connectivity index (χ1n) is 33.1. The van der Waals surface area contributed by atoms with Gasteiger partial charge in [0.25, 0.3) is 0 Å². The van der Waals surface area contributed by atoms with Crippen molar-refractivity contribution < 1.29 is 37.6 Å².